The number of primary amides is 1. The van der Waals surface area contributed by atoms with Gasteiger partial charge in [0.1, 0.15) is 18.7 Å². The van der Waals surface area contributed by atoms with Crippen LogP contribution in [0.4, 0.5) is 16.4 Å². The van der Waals surface area contributed by atoms with E-state index in [4.69, 9.17) is 20.9 Å². The predicted molar refractivity (Wildman–Crippen MR) is 318 cm³/mol. The number of H-pyrrole nitrogens is 1. The second-order valence-electron chi connectivity index (χ2n) is 20.7. The van der Waals surface area contributed by atoms with Crippen molar-refractivity contribution in [3.05, 3.63) is 74.6 Å². The number of hydrogen-bond acceptors (Lipinski definition) is 26. The molecule has 470 valence electrons. The van der Waals surface area contributed by atoms with Gasteiger partial charge in [0.25, 0.3) is 11.5 Å². The second-order valence-corrected chi connectivity index (χ2v) is 24.6. The van der Waals surface area contributed by atoms with Crippen molar-refractivity contribution < 1.29 is 72.4 Å². The Morgan fingerprint density at radius 1 is 0.898 bits per heavy atom. The number of Topliss-reactive ketones (excluding diaryl/α,β-unsaturated/α-hetero) is 2. The van der Waals surface area contributed by atoms with Crippen molar-refractivity contribution in [1.82, 2.24) is 61.7 Å². The van der Waals surface area contributed by atoms with Crippen LogP contribution in [0.2, 0.25) is 0 Å². The zero-order valence-electron chi connectivity index (χ0n) is 47.6. The first-order valence-electron chi connectivity index (χ1n) is 27.5. The molecule has 4 unspecified atom stereocenters. The molecule has 7 atom stereocenters. The largest absolute Gasteiger partial charge is 0.480 e. The minimum Gasteiger partial charge on any atom is -0.480 e. The number of carboxylic acid groups (broad SMARTS) is 2. The van der Waals surface area contributed by atoms with Crippen molar-refractivity contribution in [2.45, 2.75) is 94.1 Å². The number of piperazine rings is 1. The Balaban J connectivity index is 0.670. The number of carbonyl (C=O) groups excluding carboxylic acids is 9. The van der Waals surface area contributed by atoms with E-state index in [1.807, 2.05) is 4.90 Å². The van der Waals surface area contributed by atoms with Gasteiger partial charge in [0.15, 0.2) is 16.9 Å². The highest BCUT2D eigenvalue weighted by atomic mass is 33.1. The number of benzene rings is 1. The summed E-state index contributed by atoms with van der Waals surface area (Å²) in [5.41, 5.74) is 14.0. The van der Waals surface area contributed by atoms with E-state index in [9.17, 15) is 67.7 Å². The van der Waals surface area contributed by atoms with Crippen LogP contribution >= 0.6 is 33.3 Å². The maximum atomic E-state index is 14.0. The van der Waals surface area contributed by atoms with Gasteiger partial charge in [-0.15, -0.1) is 11.8 Å². The van der Waals surface area contributed by atoms with E-state index in [1.165, 1.54) is 47.0 Å². The summed E-state index contributed by atoms with van der Waals surface area (Å²) in [7, 11) is 4.50. The number of amides is 7. The first-order chi connectivity index (χ1) is 42.0. The number of allylic oxidation sites excluding steroid dienone is 2. The minimum absolute atomic E-state index is 0.00350. The van der Waals surface area contributed by atoms with Gasteiger partial charge < -0.3 is 68.0 Å². The van der Waals surface area contributed by atoms with Crippen LogP contribution in [0.3, 0.4) is 0 Å². The molecule has 1 aliphatic carbocycles. The van der Waals surface area contributed by atoms with Crippen molar-refractivity contribution in [2.24, 2.45) is 16.8 Å². The molecule has 4 aliphatic heterocycles. The molecule has 7 amide bonds. The topological polar surface area (TPSA) is 483 Å². The number of imide groups is 1. The highest BCUT2D eigenvalue weighted by Crippen LogP contribution is 2.55. The third-order valence-corrected chi connectivity index (χ3v) is 18.5. The molecular formula is C53H64N16O16S3. The molecule has 8 rings (SSSR count). The molecule has 3 aromatic rings. The second kappa shape index (κ2) is 28.9. The number of likely N-dealkylation sites (tertiary alicyclic amines) is 1. The number of fused-ring (bicyclic) bond motifs is 5. The number of hydrazone groups is 1. The van der Waals surface area contributed by atoms with Gasteiger partial charge in [-0.25, -0.2) is 29.8 Å². The number of rotatable bonds is 32. The number of thioether (sulfide) groups is 1. The average Bonchev–Trinajstić information content (AvgIpc) is 1.51. The molecule has 0 saturated carbocycles. The van der Waals surface area contributed by atoms with Gasteiger partial charge in [0.2, 0.25) is 47.1 Å². The molecule has 5 aliphatic rings. The summed E-state index contributed by atoms with van der Waals surface area (Å²) in [6.45, 7) is 3.98. The number of carboxylic acids is 2. The van der Waals surface area contributed by atoms with Gasteiger partial charge in [0, 0.05) is 110 Å². The fraction of sp³-hybridized carbons (Fsp3) is 0.472. The molecule has 0 spiro atoms. The number of ketones is 2. The third kappa shape index (κ3) is 15.3. The first-order valence-corrected chi connectivity index (χ1v) is 31.0. The molecular weight excluding hydrogens is 1210 g/mol. The highest BCUT2D eigenvalue weighted by Gasteiger charge is 2.72. The van der Waals surface area contributed by atoms with Crippen LogP contribution in [-0.4, -0.2) is 203 Å². The lowest BCUT2D eigenvalue weighted by atomic mass is 9.82. The van der Waals surface area contributed by atoms with E-state index in [0.29, 0.717) is 48.2 Å². The number of hydrogen-bond donors (Lipinski definition) is 12. The normalized spacial score (nSPS) is 20.9. The lowest BCUT2D eigenvalue weighted by Crippen LogP contribution is -2.55. The fourth-order valence-electron chi connectivity index (χ4n) is 10.4. The molecule has 32 nitrogen and oxygen atoms in total. The van der Waals surface area contributed by atoms with Crippen molar-refractivity contribution >= 4 is 127 Å². The summed E-state index contributed by atoms with van der Waals surface area (Å²) < 4.78 is 11.2. The Morgan fingerprint density at radius 3 is 2.33 bits per heavy atom. The molecule has 0 bridgehead atoms. The number of aromatic amines is 1. The number of nitrogens with one attached hydrogen (secondary N) is 8. The summed E-state index contributed by atoms with van der Waals surface area (Å²) in [6.07, 6.45) is -0.834. The summed E-state index contributed by atoms with van der Waals surface area (Å²) in [4.78, 5) is 170. The first kappa shape index (κ1) is 65.3. The van der Waals surface area contributed by atoms with Crippen LogP contribution in [-0.2, 0) is 59.2 Å². The number of anilines is 2. The van der Waals surface area contributed by atoms with Crippen LogP contribution in [0.1, 0.15) is 68.4 Å². The molecule has 88 heavy (non-hydrogen) atoms. The fourth-order valence-corrected chi connectivity index (χ4v) is 13.4. The van der Waals surface area contributed by atoms with E-state index in [-0.39, 0.29) is 126 Å². The summed E-state index contributed by atoms with van der Waals surface area (Å²) in [5.74, 6) is -7.43. The SMILES string of the molecule is CO[C@@]12C(COC(N)=O)C3=C(C(=O)C(C)=C(NCCSSCCNC(=O)CC/C(C)=N/NC(=O)CCN4C(=O)CC(SC[C@H](NC(=O)CC[C@H](NC(=O)c5ccc(NCc6cnc7nc(N)[nH]c(=O)c7n6)cc5)C(=O)O)C(=O)O)C4=O)C3=O)N1CC1NC12. The van der Waals surface area contributed by atoms with E-state index >= 15 is 0 Å². The maximum absolute atomic E-state index is 14.0. The van der Waals surface area contributed by atoms with Crippen molar-refractivity contribution in [3.63, 3.8) is 0 Å². The van der Waals surface area contributed by atoms with Gasteiger partial charge in [-0.1, -0.05) is 21.6 Å². The van der Waals surface area contributed by atoms with Crippen LogP contribution in [0.25, 0.3) is 11.2 Å². The Morgan fingerprint density at radius 2 is 1.62 bits per heavy atom. The zero-order valence-corrected chi connectivity index (χ0v) is 50.1. The molecule has 1 aromatic carbocycles. The quantitative estimate of drug-likeness (QED) is 0.00641. The standard InChI is InChI=1S/C53H64N16O16S3/c1-24(4-10-34(70)56-13-16-87-88-17-14-57-39-25(2)42(74)41-38(43(39)75)29(22-85-52(55)83)53(84-3)44-31(62-44)21-69(41)53)66-67-36(72)12-15-68-37(73)18-33(48(68)78)86-23-32(50(81)82)61-35(71)11-9-30(49(79)80)63-46(76)26-5-7-27(8-6-26)58-19-28-20-59-45-40(60-28)47(77)65-51(54)64-45/h5-8,20,29-33,44,57-58,62H,4,9-19,21-23H2,1-3H3,(H2,55,83)(H,56,70)(H,61,71)(H,63,76)(H,67,72)(H,79,80)(H,81,82)(H3,54,59,64,65,77)/b66-24+/t29?,30-,31?,32-,33?,44?,53+/m0/s1. The average molecular weight is 1280 g/mol. The van der Waals surface area contributed by atoms with E-state index < -0.39 is 94.9 Å². The van der Waals surface area contributed by atoms with Crippen LogP contribution in [0.15, 0.2) is 62.9 Å². The van der Waals surface area contributed by atoms with Crippen LogP contribution in [0, 0.1) is 5.92 Å². The third-order valence-electron chi connectivity index (χ3n) is 14.8. The number of aromatic nitrogens is 4. The van der Waals surface area contributed by atoms with E-state index in [2.05, 4.69) is 62.4 Å². The molecule has 35 heteroatoms. The number of ether oxygens (including phenoxy) is 2. The number of nitrogens with zero attached hydrogens (tertiary/aromatic N) is 6. The lowest BCUT2D eigenvalue weighted by Gasteiger charge is -2.39. The highest BCUT2D eigenvalue weighted by molar-refractivity contribution is 8.76. The summed E-state index contributed by atoms with van der Waals surface area (Å²) in [5, 5.41) is 39.6. The molecule has 6 heterocycles. The number of nitrogen functional groups attached to an aromatic ring is 1. The molecule has 3 saturated heterocycles. The smallest absolute Gasteiger partial charge is 0.404 e. The lowest BCUT2D eigenvalue weighted by molar-refractivity contribution is -0.142. The van der Waals surface area contributed by atoms with Crippen molar-refractivity contribution in [3.8, 4) is 0 Å². The number of methoxy groups -OCH3 is 1. The van der Waals surface area contributed by atoms with Crippen LogP contribution in [0.5, 0.6) is 0 Å². The van der Waals surface area contributed by atoms with E-state index in [1.54, 1.807) is 26.0 Å². The van der Waals surface area contributed by atoms with Crippen LogP contribution < -0.4 is 54.4 Å². The summed E-state index contributed by atoms with van der Waals surface area (Å²) >= 11 is 0.810. The Labute approximate surface area is 512 Å². The van der Waals surface area contributed by atoms with Gasteiger partial charge in [-0.05, 0) is 51.0 Å². The number of carbonyl (C=O) groups is 11. The van der Waals surface area contributed by atoms with Gasteiger partial charge in [-0.3, -0.25) is 53.0 Å². The van der Waals surface area contributed by atoms with Crippen molar-refractivity contribution in [1.29, 1.82) is 0 Å². The minimum atomic E-state index is -1.54. The molecule has 0 radical (unpaired) electrons. The van der Waals surface area contributed by atoms with Gasteiger partial charge in [0.05, 0.1) is 47.0 Å². The Bertz CT molecular complexity index is 3470. The summed E-state index contributed by atoms with van der Waals surface area (Å²) in [6, 6.07) is 2.75. The van der Waals surface area contributed by atoms with E-state index in [0.717, 1.165) is 16.7 Å². The molecule has 2 aromatic heterocycles. The molecule has 3 fully saturated rings. The number of aliphatic carboxylic acids is 2. The predicted octanol–water partition coefficient (Wildman–Crippen LogP) is -1.55. The maximum Gasteiger partial charge on any atom is 0.404 e. The Hall–Kier alpha value is -8.67. The monoisotopic (exact) mass is 1280 g/mol. The number of nitrogens with two attached hydrogens (primary N) is 2. The zero-order chi connectivity index (χ0) is 63.6. The molecule has 14 N–H and O–H groups in total. The van der Waals surface area contributed by atoms with Gasteiger partial charge >= 0.3 is 18.0 Å². The Kier molecular flexibility index (Phi) is 21.4. The van der Waals surface area contributed by atoms with Crippen molar-refractivity contribution in [2.75, 3.05) is 68.2 Å². The van der Waals surface area contributed by atoms with Gasteiger partial charge in [-0.2, -0.15) is 10.1 Å².